The van der Waals surface area contributed by atoms with Crippen LogP contribution in [0.1, 0.15) is 25.9 Å². The molecule has 0 saturated heterocycles. The van der Waals surface area contributed by atoms with E-state index in [1.165, 1.54) is 11.3 Å². The summed E-state index contributed by atoms with van der Waals surface area (Å²) in [5, 5.41) is 3.70. The minimum Gasteiger partial charge on any atom is -0.378 e. The monoisotopic (exact) mass is 313 g/mol. The molecule has 1 aromatic carbocycles. The Hall–Kier alpha value is -2.32. The zero-order chi connectivity index (χ0) is 16.1. The molecule has 0 radical (unpaired) electrons. The second kappa shape index (κ2) is 7.10. The van der Waals surface area contributed by atoms with Gasteiger partial charge < -0.3 is 10.2 Å². The molecule has 0 aliphatic carbocycles. The number of anilines is 1. The Morgan fingerprint density at radius 2 is 1.95 bits per heavy atom. The fourth-order valence-corrected chi connectivity index (χ4v) is 2.77. The maximum atomic E-state index is 12.0. The Balaban J connectivity index is 1.91. The summed E-state index contributed by atoms with van der Waals surface area (Å²) in [5.41, 5.74) is 2.84. The third-order valence-corrected chi connectivity index (χ3v) is 4.14. The molecular weight excluding hydrogens is 294 g/mol. The number of rotatable bonds is 3. The van der Waals surface area contributed by atoms with E-state index in [2.05, 4.69) is 22.1 Å². The molecule has 1 aromatic heterocycles. The van der Waals surface area contributed by atoms with Gasteiger partial charge in [0.2, 0.25) is 0 Å². The van der Waals surface area contributed by atoms with Crippen LogP contribution in [0.5, 0.6) is 0 Å². The quantitative estimate of drug-likeness (QED) is 0.886. The SMILES string of the molecule is Cc1nc(C)c(C(=O)NCC#Cc2ccc(N(C)C)cc2)s1. The zero-order valence-corrected chi connectivity index (χ0v) is 14.0. The molecule has 1 amide bonds. The van der Waals surface area contributed by atoms with Gasteiger partial charge in [-0.15, -0.1) is 11.3 Å². The Labute approximate surface area is 135 Å². The number of nitrogens with one attached hydrogen (secondary N) is 1. The van der Waals surface area contributed by atoms with E-state index in [-0.39, 0.29) is 5.91 Å². The molecule has 2 aromatic rings. The lowest BCUT2D eigenvalue weighted by atomic mass is 10.2. The average molecular weight is 313 g/mol. The van der Waals surface area contributed by atoms with Crippen molar-refractivity contribution in [3.8, 4) is 11.8 Å². The van der Waals surface area contributed by atoms with Crippen LogP contribution in [0.25, 0.3) is 0 Å². The van der Waals surface area contributed by atoms with Crippen LogP contribution in [0, 0.1) is 25.7 Å². The molecule has 0 bridgehead atoms. The fraction of sp³-hybridized carbons (Fsp3) is 0.294. The number of aromatic nitrogens is 1. The topological polar surface area (TPSA) is 45.2 Å². The van der Waals surface area contributed by atoms with Crippen molar-refractivity contribution in [2.24, 2.45) is 0 Å². The molecule has 0 aliphatic rings. The predicted molar refractivity (Wildman–Crippen MR) is 91.6 cm³/mol. The molecule has 1 heterocycles. The first-order chi connectivity index (χ1) is 10.5. The molecule has 0 unspecified atom stereocenters. The first-order valence-corrected chi connectivity index (χ1v) is 7.77. The summed E-state index contributed by atoms with van der Waals surface area (Å²) in [6, 6.07) is 7.99. The van der Waals surface area contributed by atoms with Crippen LogP contribution in [-0.4, -0.2) is 31.5 Å². The number of nitrogens with zero attached hydrogens (tertiary/aromatic N) is 2. The summed E-state index contributed by atoms with van der Waals surface area (Å²) in [6.07, 6.45) is 0. The van der Waals surface area contributed by atoms with Crippen LogP contribution >= 0.6 is 11.3 Å². The lowest BCUT2D eigenvalue weighted by molar-refractivity contribution is 0.0962. The van der Waals surface area contributed by atoms with Gasteiger partial charge in [-0.05, 0) is 38.1 Å². The van der Waals surface area contributed by atoms with Crippen molar-refractivity contribution in [3.05, 3.63) is 45.4 Å². The van der Waals surface area contributed by atoms with Crippen LogP contribution in [0.15, 0.2) is 24.3 Å². The number of thiazole rings is 1. The second-order valence-electron chi connectivity index (χ2n) is 5.07. The zero-order valence-electron chi connectivity index (χ0n) is 13.2. The van der Waals surface area contributed by atoms with E-state index in [0.29, 0.717) is 11.4 Å². The Morgan fingerprint density at radius 3 is 2.50 bits per heavy atom. The molecule has 5 heteroatoms. The van der Waals surface area contributed by atoms with Gasteiger partial charge in [0.15, 0.2) is 0 Å². The highest BCUT2D eigenvalue weighted by Gasteiger charge is 2.12. The van der Waals surface area contributed by atoms with Gasteiger partial charge in [-0.2, -0.15) is 0 Å². The Morgan fingerprint density at radius 1 is 1.27 bits per heavy atom. The number of amides is 1. The number of carbonyl (C=O) groups excluding carboxylic acids is 1. The standard InChI is InChI=1S/C17H19N3OS/c1-12-16(22-13(2)19-12)17(21)18-11-5-6-14-7-9-15(10-8-14)20(3)4/h7-10H,11H2,1-4H3,(H,18,21). The van der Waals surface area contributed by atoms with Gasteiger partial charge in [0.25, 0.3) is 5.91 Å². The molecule has 0 saturated carbocycles. The molecule has 2 rings (SSSR count). The third kappa shape index (κ3) is 4.09. The van der Waals surface area contributed by atoms with E-state index in [1.54, 1.807) is 0 Å². The number of hydrogen-bond donors (Lipinski definition) is 1. The van der Waals surface area contributed by atoms with E-state index >= 15 is 0 Å². The van der Waals surface area contributed by atoms with E-state index < -0.39 is 0 Å². The fourth-order valence-electron chi connectivity index (χ4n) is 1.94. The Kier molecular flexibility index (Phi) is 5.18. The largest absolute Gasteiger partial charge is 0.378 e. The van der Waals surface area contributed by atoms with Crippen molar-refractivity contribution in [1.82, 2.24) is 10.3 Å². The smallest absolute Gasteiger partial charge is 0.264 e. The van der Waals surface area contributed by atoms with Crippen LogP contribution < -0.4 is 10.2 Å². The lowest BCUT2D eigenvalue weighted by Gasteiger charge is -2.11. The van der Waals surface area contributed by atoms with Crippen molar-refractivity contribution in [2.75, 3.05) is 25.5 Å². The summed E-state index contributed by atoms with van der Waals surface area (Å²) >= 11 is 1.41. The summed E-state index contributed by atoms with van der Waals surface area (Å²) in [6.45, 7) is 4.06. The summed E-state index contributed by atoms with van der Waals surface area (Å²) in [7, 11) is 4.00. The number of carbonyl (C=O) groups is 1. The highest BCUT2D eigenvalue weighted by atomic mass is 32.1. The van der Waals surface area contributed by atoms with Gasteiger partial charge >= 0.3 is 0 Å². The minimum absolute atomic E-state index is 0.111. The van der Waals surface area contributed by atoms with E-state index in [0.717, 1.165) is 22.0 Å². The number of hydrogen-bond acceptors (Lipinski definition) is 4. The first kappa shape index (κ1) is 16.1. The molecule has 4 nitrogen and oxygen atoms in total. The van der Waals surface area contributed by atoms with Crippen molar-refractivity contribution >= 4 is 22.9 Å². The molecule has 0 aliphatic heterocycles. The lowest BCUT2D eigenvalue weighted by Crippen LogP contribution is -2.23. The van der Waals surface area contributed by atoms with Crippen LogP contribution in [0.2, 0.25) is 0 Å². The predicted octanol–water partition coefficient (Wildman–Crippen LogP) is 2.61. The number of aryl methyl sites for hydroxylation is 2. The van der Waals surface area contributed by atoms with Crippen molar-refractivity contribution in [2.45, 2.75) is 13.8 Å². The second-order valence-corrected chi connectivity index (χ2v) is 6.28. The number of benzene rings is 1. The molecule has 114 valence electrons. The van der Waals surface area contributed by atoms with Gasteiger partial charge in [0, 0.05) is 25.3 Å². The molecule has 0 spiro atoms. The molecule has 0 atom stereocenters. The van der Waals surface area contributed by atoms with Gasteiger partial charge in [0.1, 0.15) is 4.88 Å². The summed E-state index contributed by atoms with van der Waals surface area (Å²) in [4.78, 5) is 18.9. The molecule has 22 heavy (non-hydrogen) atoms. The van der Waals surface area contributed by atoms with Gasteiger partial charge in [-0.25, -0.2) is 4.98 Å². The Bertz CT molecular complexity index is 721. The molecule has 0 fully saturated rings. The average Bonchev–Trinajstić information content (AvgIpc) is 2.82. The van der Waals surface area contributed by atoms with Crippen molar-refractivity contribution in [3.63, 3.8) is 0 Å². The molecule has 1 N–H and O–H groups in total. The van der Waals surface area contributed by atoms with Crippen molar-refractivity contribution < 1.29 is 4.79 Å². The van der Waals surface area contributed by atoms with Gasteiger partial charge in [0.05, 0.1) is 17.2 Å². The molecular formula is C17H19N3OS. The summed E-state index contributed by atoms with van der Waals surface area (Å²) < 4.78 is 0. The van der Waals surface area contributed by atoms with Crippen LogP contribution in [-0.2, 0) is 0 Å². The summed E-state index contributed by atoms with van der Waals surface area (Å²) in [5.74, 6) is 5.90. The maximum absolute atomic E-state index is 12.0. The van der Waals surface area contributed by atoms with Crippen LogP contribution in [0.4, 0.5) is 5.69 Å². The normalized spacial score (nSPS) is 9.82. The van der Waals surface area contributed by atoms with E-state index in [9.17, 15) is 4.79 Å². The van der Waals surface area contributed by atoms with E-state index in [1.807, 2.05) is 57.1 Å². The van der Waals surface area contributed by atoms with Crippen LogP contribution in [0.3, 0.4) is 0 Å². The van der Waals surface area contributed by atoms with Gasteiger partial charge in [-0.1, -0.05) is 11.8 Å². The third-order valence-electron chi connectivity index (χ3n) is 3.06. The maximum Gasteiger partial charge on any atom is 0.264 e. The minimum atomic E-state index is -0.111. The van der Waals surface area contributed by atoms with E-state index in [4.69, 9.17) is 0 Å². The highest BCUT2D eigenvalue weighted by Crippen LogP contribution is 2.16. The first-order valence-electron chi connectivity index (χ1n) is 6.96. The van der Waals surface area contributed by atoms with Gasteiger partial charge in [-0.3, -0.25) is 4.79 Å². The highest BCUT2D eigenvalue weighted by molar-refractivity contribution is 7.13. The van der Waals surface area contributed by atoms with Crippen molar-refractivity contribution in [1.29, 1.82) is 0 Å².